The Balaban J connectivity index is 1.20. The number of carbonyl (C=O) groups is 1. The number of anilines is 1. The molecule has 1 amide bonds. The number of carbonyl (C=O) groups excluding carboxylic acids is 1. The molecule has 2 aliphatic rings. The number of piperazine rings is 1. The molecule has 0 unspecified atom stereocenters. The topological polar surface area (TPSA) is 95.9 Å². The Kier molecular flexibility index (Phi) is 7.38. The Morgan fingerprint density at radius 2 is 1.51 bits per heavy atom. The van der Waals surface area contributed by atoms with Crippen LogP contribution in [0.2, 0.25) is 0 Å². The van der Waals surface area contributed by atoms with Gasteiger partial charge in [-0.05, 0) is 61.4 Å². The first-order valence-electron chi connectivity index (χ1n) is 12.6. The van der Waals surface area contributed by atoms with E-state index in [0.29, 0.717) is 44.8 Å². The van der Waals surface area contributed by atoms with E-state index in [4.69, 9.17) is 4.74 Å². The Hall–Kier alpha value is -3.50. The molecule has 10 heteroatoms. The molecule has 2 saturated heterocycles. The summed E-state index contributed by atoms with van der Waals surface area (Å²) in [5.41, 5.74) is 2.11. The fourth-order valence-electron chi connectivity index (χ4n) is 4.84. The molecule has 0 spiro atoms. The zero-order valence-corrected chi connectivity index (χ0v) is 21.7. The monoisotopic (exact) mass is 521 g/mol. The van der Waals surface area contributed by atoms with Crippen LogP contribution in [0.1, 0.15) is 29.6 Å². The van der Waals surface area contributed by atoms with Crippen molar-refractivity contribution in [2.45, 2.75) is 24.2 Å². The van der Waals surface area contributed by atoms with Gasteiger partial charge in [-0.2, -0.15) is 4.31 Å². The van der Waals surface area contributed by atoms with Crippen LogP contribution in [-0.2, 0) is 10.0 Å². The largest absolute Gasteiger partial charge is 0.496 e. The molecule has 3 aromatic rings. The highest BCUT2D eigenvalue weighted by atomic mass is 32.2. The highest BCUT2D eigenvalue weighted by Crippen LogP contribution is 2.28. The summed E-state index contributed by atoms with van der Waals surface area (Å²) < 4.78 is 32.7. The summed E-state index contributed by atoms with van der Waals surface area (Å²) >= 11 is 0. The van der Waals surface area contributed by atoms with E-state index in [1.54, 1.807) is 40.6 Å². The van der Waals surface area contributed by atoms with Crippen LogP contribution in [0.4, 0.5) is 5.82 Å². The van der Waals surface area contributed by atoms with E-state index in [-0.39, 0.29) is 10.8 Å². The fraction of sp³-hybridized carbons (Fsp3) is 0.370. The number of methoxy groups -OCH3 is 1. The number of sulfonamides is 1. The molecule has 0 aliphatic carbocycles. The Labute approximate surface area is 217 Å². The summed E-state index contributed by atoms with van der Waals surface area (Å²) in [5.74, 6) is 1.41. The van der Waals surface area contributed by atoms with Gasteiger partial charge in [-0.3, -0.25) is 4.79 Å². The minimum atomic E-state index is -3.51. The predicted octanol–water partition coefficient (Wildman–Crippen LogP) is 3.29. The highest BCUT2D eigenvalue weighted by Gasteiger charge is 2.27. The molecule has 2 aromatic carbocycles. The third-order valence-corrected chi connectivity index (χ3v) is 8.89. The van der Waals surface area contributed by atoms with Crippen LogP contribution in [0.25, 0.3) is 11.3 Å². The lowest BCUT2D eigenvalue weighted by Gasteiger charge is -2.35. The zero-order chi connectivity index (χ0) is 25.8. The lowest BCUT2D eigenvalue weighted by Crippen LogP contribution is -2.49. The first kappa shape index (κ1) is 25.2. The van der Waals surface area contributed by atoms with Gasteiger partial charge in [-0.1, -0.05) is 18.6 Å². The Bertz CT molecular complexity index is 1330. The van der Waals surface area contributed by atoms with Crippen LogP contribution in [0.3, 0.4) is 0 Å². The second kappa shape index (κ2) is 10.9. The summed E-state index contributed by atoms with van der Waals surface area (Å²) in [5, 5.41) is 8.80. The molecule has 5 rings (SSSR count). The van der Waals surface area contributed by atoms with Crippen molar-refractivity contribution >= 4 is 21.7 Å². The molecule has 194 valence electrons. The van der Waals surface area contributed by atoms with Crippen molar-refractivity contribution in [3.8, 4) is 17.0 Å². The average molecular weight is 522 g/mol. The van der Waals surface area contributed by atoms with E-state index in [1.807, 2.05) is 36.4 Å². The van der Waals surface area contributed by atoms with Crippen LogP contribution in [0.15, 0.2) is 65.6 Å². The number of piperidine rings is 1. The molecule has 0 bridgehead atoms. The van der Waals surface area contributed by atoms with Crippen LogP contribution in [0, 0.1) is 0 Å². The number of ether oxygens (including phenoxy) is 1. The quantitative estimate of drug-likeness (QED) is 0.491. The maximum atomic E-state index is 13.1. The molecule has 0 N–H and O–H groups in total. The standard InChI is InChI=1S/C27H31N5O4S/c1-36-25-8-4-3-7-23(25)24-13-14-26(29-28-24)30-17-19-31(20-18-30)27(33)21-9-11-22(12-10-21)37(34,35)32-15-5-2-6-16-32/h3-4,7-14H,2,5-6,15-20H2,1H3. The normalized spacial score (nSPS) is 17.0. The minimum absolute atomic E-state index is 0.0980. The van der Waals surface area contributed by atoms with Crippen molar-refractivity contribution in [2.24, 2.45) is 0 Å². The number of hydrogen-bond donors (Lipinski definition) is 0. The first-order chi connectivity index (χ1) is 18.0. The van der Waals surface area contributed by atoms with Gasteiger partial charge in [-0.15, -0.1) is 10.2 Å². The molecular formula is C27H31N5O4S. The molecule has 1 aromatic heterocycles. The van der Waals surface area contributed by atoms with E-state index >= 15 is 0 Å². The van der Waals surface area contributed by atoms with Crippen molar-refractivity contribution in [1.82, 2.24) is 19.4 Å². The van der Waals surface area contributed by atoms with Crippen molar-refractivity contribution in [2.75, 3.05) is 51.3 Å². The van der Waals surface area contributed by atoms with Crippen molar-refractivity contribution in [3.63, 3.8) is 0 Å². The van der Waals surface area contributed by atoms with Gasteiger partial charge in [0.15, 0.2) is 5.82 Å². The number of aromatic nitrogens is 2. The van der Waals surface area contributed by atoms with Crippen LogP contribution >= 0.6 is 0 Å². The number of amides is 1. The van der Waals surface area contributed by atoms with Gasteiger partial charge in [-0.25, -0.2) is 8.42 Å². The van der Waals surface area contributed by atoms with E-state index < -0.39 is 10.0 Å². The Morgan fingerprint density at radius 1 is 0.811 bits per heavy atom. The second-order valence-corrected chi connectivity index (χ2v) is 11.2. The van der Waals surface area contributed by atoms with Gasteiger partial charge in [0.1, 0.15) is 5.75 Å². The maximum Gasteiger partial charge on any atom is 0.253 e. The molecule has 0 atom stereocenters. The van der Waals surface area contributed by atoms with Gasteiger partial charge in [0.2, 0.25) is 10.0 Å². The highest BCUT2D eigenvalue weighted by molar-refractivity contribution is 7.89. The van der Waals surface area contributed by atoms with Gasteiger partial charge >= 0.3 is 0 Å². The molecule has 37 heavy (non-hydrogen) atoms. The average Bonchev–Trinajstić information content (AvgIpc) is 2.97. The summed E-state index contributed by atoms with van der Waals surface area (Å²) in [7, 11) is -1.88. The number of benzene rings is 2. The molecule has 3 heterocycles. The summed E-state index contributed by atoms with van der Waals surface area (Å²) in [6, 6.07) is 17.9. The van der Waals surface area contributed by atoms with Crippen LogP contribution in [-0.4, -0.2) is 80.1 Å². The SMILES string of the molecule is COc1ccccc1-c1ccc(N2CCN(C(=O)c3ccc(S(=O)(=O)N4CCCCC4)cc3)CC2)nn1. The van der Waals surface area contributed by atoms with E-state index in [0.717, 1.165) is 42.1 Å². The summed E-state index contributed by atoms with van der Waals surface area (Å²) in [4.78, 5) is 17.2. The number of nitrogens with zero attached hydrogens (tertiary/aromatic N) is 5. The molecule has 0 saturated carbocycles. The second-order valence-electron chi connectivity index (χ2n) is 9.25. The van der Waals surface area contributed by atoms with Gasteiger partial charge in [0, 0.05) is 50.4 Å². The van der Waals surface area contributed by atoms with Gasteiger partial charge in [0.05, 0.1) is 17.7 Å². The minimum Gasteiger partial charge on any atom is -0.496 e. The van der Waals surface area contributed by atoms with E-state index in [9.17, 15) is 13.2 Å². The van der Waals surface area contributed by atoms with Gasteiger partial charge < -0.3 is 14.5 Å². The molecule has 2 aliphatic heterocycles. The molecular weight excluding hydrogens is 490 g/mol. The number of rotatable bonds is 6. The van der Waals surface area contributed by atoms with E-state index in [2.05, 4.69) is 15.1 Å². The lowest BCUT2D eigenvalue weighted by atomic mass is 10.1. The number of para-hydroxylation sites is 1. The zero-order valence-electron chi connectivity index (χ0n) is 20.9. The third-order valence-electron chi connectivity index (χ3n) is 6.98. The molecule has 2 fully saturated rings. The van der Waals surface area contributed by atoms with Crippen molar-refractivity contribution in [3.05, 3.63) is 66.2 Å². The van der Waals surface area contributed by atoms with Crippen LogP contribution < -0.4 is 9.64 Å². The smallest absolute Gasteiger partial charge is 0.253 e. The van der Waals surface area contributed by atoms with Crippen molar-refractivity contribution < 1.29 is 17.9 Å². The Morgan fingerprint density at radius 3 is 2.16 bits per heavy atom. The van der Waals surface area contributed by atoms with Gasteiger partial charge in [0.25, 0.3) is 5.91 Å². The van der Waals surface area contributed by atoms with E-state index in [1.165, 1.54) is 0 Å². The molecule has 9 nitrogen and oxygen atoms in total. The summed E-state index contributed by atoms with van der Waals surface area (Å²) in [6.45, 7) is 3.47. The number of hydrogen-bond acceptors (Lipinski definition) is 7. The first-order valence-corrected chi connectivity index (χ1v) is 14.0. The lowest BCUT2D eigenvalue weighted by molar-refractivity contribution is 0.0746. The summed E-state index contributed by atoms with van der Waals surface area (Å²) in [6.07, 6.45) is 2.84. The fourth-order valence-corrected chi connectivity index (χ4v) is 6.36. The third kappa shape index (κ3) is 5.30. The van der Waals surface area contributed by atoms with Crippen LogP contribution in [0.5, 0.6) is 5.75 Å². The maximum absolute atomic E-state index is 13.1. The van der Waals surface area contributed by atoms with Crippen molar-refractivity contribution in [1.29, 1.82) is 0 Å². The predicted molar refractivity (Wildman–Crippen MR) is 141 cm³/mol. The molecule has 0 radical (unpaired) electrons.